The molecule has 0 amide bonds. The summed E-state index contributed by atoms with van der Waals surface area (Å²) in [6.07, 6.45) is 1.70. The van der Waals surface area contributed by atoms with Crippen LogP contribution in [0.25, 0.3) is 0 Å². The van der Waals surface area contributed by atoms with Crippen LogP contribution in [0.4, 0.5) is 0 Å². The van der Waals surface area contributed by atoms with Crippen LogP contribution in [0.5, 0.6) is 0 Å². The molecule has 0 aliphatic carbocycles. The predicted octanol–water partition coefficient (Wildman–Crippen LogP) is -1.55. The van der Waals surface area contributed by atoms with E-state index in [1.54, 1.807) is 25.3 Å². The first kappa shape index (κ1) is 13.9. The summed E-state index contributed by atoms with van der Waals surface area (Å²) < 4.78 is 0. The van der Waals surface area contributed by atoms with Crippen LogP contribution in [-0.2, 0) is 0 Å². The first-order valence-corrected chi connectivity index (χ1v) is 6.61. The normalized spacial score (nSPS) is 30.3. The van der Waals surface area contributed by atoms with Crippen molar-refractivity contribution in [3.8, 4) is 0 Å². The number of nitrogens with zero attached hydrogens (tertiary/aromatic N) is 3. The molecule has 0 bridgehead atoms. The van der Waals surface area contributed by atoms with Gasteiger partial charge >= 0.3 is 5.82 Å². The van der Waals surface area contributed by atoms with Crippen molar-refractivity contribution in [1.29, 1.82) is 0 Å². The van der Waals surface area contributed by atoms with E-state index in [1.807, 2.05) is 0 Å². The van der Waals surface area contributed by atoms with Crippen molar-refractivity contribution in [2.45, 2.75) is 17.6 Å². The van der Waals surface area contributed by atoms with Gasteiger partial charge in [-0.05, 0) is 4.92 Å². The minimum atomic E-state index is -0.578. The average Bonchev–Trinajstić information content (AvgIpc) is 2.83. The van der Waals surface area contributed by atoms with Crippen molar-refractivity contribution in [2.24, 2.45) is 10.7 Å². The number of hydrogen-bond acceptors (Lipinski definition) is 9. The van der Waals surface area contributed by atoms with Crippen molar-refractivity contribution in [3.05, 3.63) is 21.0 Å². The Morgan fingerprint density at radius 3 is 2.95 bits per heavy atom. The summed E-state index contributed by atoms with van der Waals surface area (Å²) in [6, 6.07) is 0.0597. The third-order valence-electron chi connectivity index (χ3n) is 2.86. The van der Waals surface area contributed by atoms with E-state index < -0.39 is 4.92 Å². The SMILES string of the molecule is CN(C)/C(SC1N=CNC2NCNC21)=C(\N)[N+](=O)[O-]. The fourth-order valence-electron chi connectivity index (χ4n) is 1.94. The van der Waals surface area contributed by atoms with Gasteiger partial charge in [-0.2, -0.15) is 0 Å². The number of nitrogens with one attached hydrogen (secondary N) is 3. The van der Waals surface area contributed by atoms with E-state index in [2.05, 4.69) is 20.9 Å². The molecule has 0 aromatic rings. The molecule has 2 aliphatic rings. The van der Waals surface area contributed by atoms with Crippen molar-refractivity contribution in [3.63, 3.8) is 0 Å². The fourth-order valence-corrected chi connectivity index (χ4v) is 3.10. The number of nitrogens with two attached hydrogens (primary N) is 1. The molecule has 9 nitrogen and oxygen atoms in total. The molecule has 2 aliphatic heterocycles. The highest BCUT2D eigenvalue weighted by molar-refractivity contribution is 8.03. The Labute approximate surface area is 114 Å². The van der Waals surface area contributed by atoms with E-state index in [1.165, 1.54) is 11.8 Å². The molecule has 0 aromatic carbocycles. The summed E-state index contributed by atoms with van der Waals surface area (Å²) in [6.45, 7) is 0.675. The molecule has 1 saturated heterocycles. The van der Waals surface area contributed by atoms with Gasteiger partial charge in [0.05, 0.1) is 18.5 Å². The number of hydrogen-bond donors (Lipinski definition) is 4. The Morgan fingerprint density at radius 1 is 1.58 bits per heavy atom. The summed E-state index contributed by atoms with van der Waals surface area (Å²) in [5, 5.41) is 20.6. The van der Waals surface area contributed by atoms with Gasteiger partial charge in [-0.1, -0.05) is 11.8 Å². The Bertz CT molecular complexity index is 425. The zero-order valence-electron chi connectivity index (χ0n) is 10.7. The lowest BCUT2D eigenvalue weighted by atomic mass is 10.2. The second-order valence-corrected chi connectivity index (χ2v) is 5.49. The smallest absolute Gasteiger partial charge is 0.344 e. The van der Waals surface area contributed by atoms with Crippen molar-refractivity contribution in [1.82, 2.24) is 20.9 Å². The molecule has 19 heavy (non-hydrogen) atoms. The summed E-state index contributed by atoms with van der Waals surface area (Å²) in [5.41, 5.74) is 5.53. The molecule has 0 saturated carbocycles. The lowest BCUT2D eigenvalue weighted by Gasteiger charge is -2.30. The van der Waals surface area contributed by atoms with Gasteiger partial charge < -0.3 is 20.3 Å². The average molecular weight is 287 g/mol. The predicted molar refractivity (Wildman–Crippen MR) is 73.6 cm³/mol. The number of fused-ring (bicyclic) bond motifs is 1. The van der Waals surface area contributed by atoms with E-state index in [9.17, 15) is 10.1 Å². The molecule has 1 fully saturated rings. The molecule has 2 heterocycles. The molecular formula is C9H17N7O2S. The van der Waals surface area contributed by atoms with Crippen LogP contribution in [0.15, 0.2) is 15.8 Å². The molecule has 10 heteroatoms. The van der Waals surface area contributed by atoms with Crippen LogP contribution < -0.4 is 21.7 Å². The Morgan fingerprint density at radius 2 is 2.32 bits per heavy atom. The second-order valence-electron chi connectivity index (χ2n) is 4.38. The Hall–Kier alpha value is -1.52. The summed E-state index contributed by atoms with van der Waals surface area (Å²) >= 11 is 1.29. The van der Waals surface area contributed by atoms with Crippen molar-refractivity contribution < 1.29 is 4.92 Å². The number of thioether (sulfide) groups is 1. The molecule has 5 N–H and O–H groups in total. The summed E-state index contributed by atoms with van der Waals surface area (Å²) in [7, 11) is 3.45. The topological polar surface area (TPSA) is 121 Å². The Kier molecular flexibility index (Phi) is 4.12. The maximum atomic E-state index is 10.8. The lowest BCUT2D eigenvalue weighted by molar-refractivity contribution is -0.427. The van der Waals surface area contributed by atoms with Crippen LogP contribution in [0.1, 0.15) is 0 Å². The maximum absolute atomic E-state index is 10.8. The third kappa shape index (κ3) is 2.91. The minimum absolute atomic E-state index is 0.0597. The van der Waals surface area contributed by atoms with Crippen LogP contribution in [0.2, 0.25) is 0 Å². The van der Waals surface area contributed by atoms with Crippen LogP contribution in [0.3, 0.4) is 0 Å². The standard InChI is InChI=1S/C9H17N7O2S/c1-15(2)9(6(10)16(17)18)19-8-5-7(12-3-11-5)13-4-14-8/h4-5,7-8,11-12H,3,10H2,1-2H3,(H,13,14)/b9-6-. The summed E-state index contributed by atoms with van der Waals surface area (Å²) in [5.74, 6) is -0.355. The largest absolute Gasteiger partial charge is 0.366 e. The Balaban J connectivity index is 2.18. The van der Waals surface area contributed by atoms with E-state index >= 15 is 0 Å². The van der Waals surface area contributed by atoms with E-state index in [-0.39, 0.29) is 23.4 Å². The third-order valence-corrected chi connectivity index (χ3v) is 4.31. The van der Waals surface area contributed by atoms with Gasteiger partial charge in [0.25, 0.3) is 0 Å². The molecule has 3 unspecified atom stereocenters. The van der Waals surface area contributed by atoms with E-state index in [0.29, 0.717) is 11.7 Å². The number of rotatable bonds is 4. The highest BCUT2D eigenvalue weighted by Crippen LogP contribution is 2.30. The van der Waals surface area contributed by atoms with Crippen LogP contribution >= 0.6 is 11.8 Å². The van der Waals surface area contributed by atoms with Gasteiger partial charge in [0.2, 0.25) is 0 Å². The highest BCUT2D eigenvalue weighted by atomic mass is 32.2. The van der Waals surface area contributed by atoms with Gasteiger partial charge in [-0.15, -0.1) is 0 Å². The van der Waals surface area contributed by atoms with Gasteiger partial charge in [0.1, 0.15) is 5.37 Å². The van der Waals surface area contributed by atoms with Gasteiger partial charge in [0, 0.05) is 20.8 Å². The van der Waals surface area contributed by atoms with Crippen LogP contribution in [0, 0.1) is 10.1 Å². The molecule has 2 rings (SSSR count). The lowest BCUT2D eigenvalue weighted by Crippen LogP contribution is -2.53. The van der Waals surface area contributed by atoms with Crippen molar-refractivity contribution in [2.75, 3.05) is 20.8 Å². The monoisotopic (exact) mass is 287 g/mol. The molecule has 0 radical (unpaired) electrons. The zero-order chi connectivity index (χ0) is 14.0. The molecule has 106 valence electrons. The maximum Gasteiger partial charge on any atom is 0.344 e. The molecule has 0 spiro atoms. The molecule has 0 aromatic heterocycles. The fraction of sp³-hybridized carbons (Fsp3) is 0.667. The van der Waals surface area contributed by atoms with Gasteiger partial charge in [-0.3, -0.25) is 21.4 Å². The van der Waals surface area contributed by atoms with Crippen molar-refractivity contribution >= 4 is 18.1 Å². The minimum Gasteiger partial charge on any atom is -0.366 e. The van der Waals surface area contributed by atoms with E-state index in [0.717, 1.165) is 0 Å². The van der Waals surface area contributed by atoms with Crippen LogP contribution in [-0.4, -0.2) is 54.5 Å². The van der Waals surface area contributed by atoms with Gasteiger partial charge in [-0.25, -0.2) is 0 Å². The summed E-state index contributed by atoms with van der Waals surface area (Å²) in [4.78, 5) is 16.2. The molecular weight excluding hydrogens is 270 g/mol. The molecule has 3 atom stereocenters. The first-order valence-electron chi connectivity index (χ1n) is 5.73. The number of aliphatic imine (C=N–C) groups is 1. The number of nitro groups is 1. The van der Waals surface area contributed by atoms with Gasteiger partial charge in [0.15, 0.2) is 5.03 Å². The quantitative estimate of drug-likeness (QED) is 0.362. The van der Waals surface area contributed by atoms with E-state index in [4.69, 9.17) is 5.73 Å². The highest BCUT2D eigenvalue weighted by Gasteiger charge is 2.37. The second kappa shape index (κ2) is 5.63. The zero-order valence-corrected chi connectivity index (χ0v) is 11.5. The first-order chi connectivity index (χ1) is 9.00.